The summed E-state index contributed by atoms with van der Waals surface area (Å²) in [5.74, 6) is 0.724. The molecule has 1 heterocycles. The van der Waals surface area contributed by atoms with Crippen LogP contribution in [0.15, 0.2) is 54.6 Å². The summed E-state index contributed by atoms with van der Waals surface area (Å²) >= 11 is 0. The third kappa shape index (κ3) is 10.3. The molecule has 0 aliphatic carbocycles. The molecule has 1 fully saturated rings. The van der Waals surface area contributed by atoms with E-state index in [0.717, 1.165) is 57.7 Å². The maximum absolute atomic E-state index is 12.3. The first-order chi connectivity index (χ1) is 17.0. The maximum Gasteiger partial charge on any atom is 0.224 e. The molecule has 1 aliphatic heterocycles. The van der Waals surface area contributed by atoms with Crippen LogP contribution in [-0.2, 0) is 4.79 Å². The first-order valence-corrected chi connectivity index (χ1v) is 13.0. The van der Waals surface area contributed by atoms with Gasteiger partial charge in [0, 0.05) is 56.6 Å². The van der Waals surface area contributed by atoms with Crippen LogP contribution in [0.3, 0.4) is 0 Å². The minimum atomic E-state index is -0.560. The largest absolute Gasteiger partial charge is 0.491 e. The molecule has 35 heavy (non-hydrogen) atoms. The van der Waals surface area contributed by atoms with Crippen LogP contribution < -0.4 is 20.3 Å². The fourth-order valence-electron chi connectivity index (χ4n) is 4.15. The van der Waals surface area contributed by atoms with Crippen LogP contribution in [0, 0.1) is 0 Å². The van der Waals surface area contributed by atoms with E-state index >= 15 is 0 Å². The van der Waals surface area contributed by atoms with E-state index < -0.39 is 6.10 Å². The highest BCUT2D eigenvalue weighted by atomic mass is 16.5. The van der Waals surface area contributed by atoms with E-state index in [1.165, 1.54) is 5.69 Å². The van der Waals surface area contributed by atoms with Crippen LogP contribution in [0.2, 0.25) is 0 Å². The molecule has 7 heteroatoms. The van der Waals surface area contributed by atoms with Gasteiger partial charge in [-0.3, -0.25) is 9.69 Å². The molecule has 1 aliphatic rings. The highest BCUT2D eigenvalue weighted by Gasteiger charge is 2.16. The fourth-order valence-corrected chi connectivity index (χ4v) is 4.15. The zero-order valence-electron chi connectivity index (χ0n) is 21.3. The summed E-state index contributed by atoms with van der Waals surface area (Å²) in [5, 5.41) is 16.1. The van der Waals surface area contributed by atoms with E-state index in [2.05, 4.69) is 50.8 Å². The van der Waals surface area contributed by atoms with Gasteiger partial charge in [0.2, 0.25) is 5.91 Å². The number of nitrogens with one attached hydrogen (secondary N) is 2. The van der Waals surface area contributed by atoms with Gasteiger partial charge in [0.1, 0.15) is 18.5 Å². The summed E-state index contributed by atoms with van der Waals surface area (Å²) in [5.41, 5.74) is 2.08. The smallest absolute Gasteiger partial charge is 0.224 e. The highest BCUT2D eigenvalue weighted by molar-refractivity contribution is 5.90. The van der Waals surface area contributed by atoms with E-state index in [4.69, 9.17) is 4.74 Å². The zero-order valence-corrected chi connectivity index (χ0v) is 21.3. The van der Waals surface area contributed by atoms with Gasteiger partial charge in [-0.2, -0.15) is 0 Å². The normalized spacial score (nSPS) is 15.3. The highest BCUT2D eigenvalue weighted by Crippen LogP contribution is 2.17. The van der Waals surface area contributed by atoms with Gasteiger partial charge in [0.05, 0.1) is 0 Å². The predicted molar refractivity (Wildman–Crippen MR) is 143 cm³/mol. The van der Waals surface area contributed by atoms with Crippen molar-refractivity contribution in [2.24, 2.45) is 0 Å². The van der Waals surface area contributed by atoms with Gasteiger partial charge >= 0.3 is 0 Å². The average Bonchev–Trinajstić information content (AvgIpc) is 2.87. The molecule has 2 aromatic rings. The van der Waals surface area contributed by atoms with Gasteiger partial charge in [0.15, 0.2) is 0 Å². The van der Waals surface area contributed by atoms with E-state index in [0.29, 0.717) is 24.8 Å². The maximum atomic E-state index is 12.3. The van der Waals surface area contributed by atoms with Crippen molar-refractivity contribution in [2.75, 3.05) is 56.1 Å². The summed E-state index contributed by atoms with van der Waals surface area (Å²) in [4.78, 5) is 17.3. The zero-order chi connectivity index (χ0) is 24.9. The van der Waals surface area contributed by atoms with Gasteiger partial charge in [-0.15, -0.1) is 0 Å². The molecular weight excluding hydrogens is 440 g/mol. The Morgan fingerprint density at radius 3 is 2.37 bits per heavy atom. The number of carbonyl (C=O) groups excluding carboxylic acids is 1. The molecule has 192 valence electrons. The number of nitrogens with zero attached hydrogens (tertiary/aromatic N) is 2. The molecule has 0 bridgehead atoms. The molecule has 0 radical (unpaired) electrons. The molecule has 1 saturated heterocycles. The minimum Gasteiger partial charge on any atom is -0.491 e. The van der Waals surface area contributed by atoms with E-state index in [-0.39, 0.29) is 12.5 Å². The first kappa shape index (κ1) is 27.0. The topological polar surface area (TPSA) is 77.1 Å². The number of carbonyl (C=O) groups is 1. The molecule has 0 aromatic heterocycles. The fraction of sp³-hybridized carbons (Fsp3) is 0.536. The number of anilines is 2. The van der Waals surface area contributed by atoms with E-state index in [1.807, 2.05) is 38.1 Å². The SMILES string of the molecule is CC(C)NCC(O)COc1ccc(NC(=O)CCCCCN2CCN(c3ccccc3)CC2)cc1. The van der Waals surface area contributed by atoms with Crippen LogP contribution in [0.25, 0.3) is 0 Å². The third-order valence-electron chi connectivity index (χ3n) is 6.21. The molecule has 0 spiro atoms. The number of benzene rings is 2. The molecule has 1 unspecified atom stereocenters. The van der Waals surface area contributed by atoms with Crippen LogP contribution >= 0.6 is 0 Å². The number of aliphatic hydroxyl groups is 1. The Morgan fingerprint density at radius 1 is 0.971 bits per heavy atom. The number of hydrogen-bond donors (Lipinski definition) is 3. The van der Waals surface area contributed by atoms with Gasteiger partial charge < -0.3 is 25.4 Å². The summed E-state index contributed by atoms with van der Waals surface area (Å²) in [6, 6.07) is 18.3. The Morgan fingerprint density at radius 2 is 1.69 bits per heavy atom. The number of amides is 1. The molecule has 1 amide bonds. The lowest BCUT2D eigenvalue weighted by atomic mass is 10.1. The third-order valence-corrected chi connectivity index (χ3v) is 6.21. The molecule has 2 aromatic carbocycles. The van der Waals surface area contributed by atoms with Crippen LogP contribution in [0.1, 0.15) is 39.5 Å². The van der Waals surface area contributed by atoms with Crippen LogP contribution in [0.5, 0.6) is 5.75 Å². The van der Waals surface area contributed by atoms with Crippen molar-refractivity contribution in [3.63, 3.8) is 0 Å². The van der Waals surface area contributed by atoms with Gasteiger partial charge in [-0.25, -0.2) is 0 Å². The van der Waals surface area contributed by atoms with Crippen molar-refractivity contribution in [1.82, 2.24) is 10.2 Å². The van der Waals surface area contributed by atoms with E-state index in [9.17, 15) is 9.90 Å². The van der Waals surface area contributed by atoms with Crippen LogP contribution in [-0.4, -0.2) is 73.9 Å². The molecule has 3 rings (SSSR count). The number of aliphatic hydroxyl groups excluding tert-OH is 1. The lowest BCUT2D eigenvalue weighted by Gasteiger charge is -2.36. The lowest BCUT2D eigenvalue weighted by Crippen LogP contribution is -2.46. The van der Waals surface area contributed by atoms with Gasteiger partial charge in [-0.05, 0) is 55.8 Å². The standard InChI is InChI=1S/C28H42N4O3/c1-23(2)29-21-26(33)22-35-27-14-12-24(13-15-27)30-28(34)11-7-4-8-16-31-17-19-32(20-18-31)25-9-5-3-6-10-25/h3,5-6,9-10,12-15,23,26,29,33H,4,7-8,11,16-22H2,1-2H3,(H,30,34). The Hall–Kier alpha value is -2.61. The number of unbranched alkanes of at least 4 members (excludes halogenated alkanes) is 2. The first-order valence-electron chi connectivity index (χ1n) is 13.0. The number of piperazine rings is 1. The number of rotatable bonds is 14. The van der Waals surface area contributed by atoms with Crippen molar-refractivity contribution in [1.29, 1.82) is 0 Å². The Labute approximate surface area is 210 Å². The molecule has 7 nitrogen and oxygen atoms in total. The molecule has 0 saturated carbocycles. The van der Waals surface area contributed by atoms with Crippen molar-refractivity contribution in [2.45, 2.75) is 51.7 Å². The van der Waals surface area contributed by atoms with Crippen molar-refractivity contribution in [3.8, 4) is 5.75 Å². The number of para-hydroxylation sites is 1. The summed E-state index contributed by atoms with van der Waals surface area (Å²) < 4.78 is 5.62. The van der Waals surface area contributed by atoms with Gasteiger partial charge in [0.25, 0.3) is 0 Å². The lowest BCUT2D eigenvalue weighted by molar-refractivity contribution is -0.116. The van der Waals surface area contributed by atoms with E-state index in [1.54, 1.807) is 0 Å². The Balaban J connectivity index is 1.23. The second kappa shape index (κ2) is 14.7. The summed E-state index contributed by atoms with van der Waals surface area (Å²) in [7, 11) is 0. The average molecular weight is 483 g/mol. The van der Waals surface area contributed by atoms with Crippen molar-refractivity contribution in [3.05, 3.63) is 54.6 Å². The Kier molecular flexibility index (Phi) is 11.3. The number of hydrogen-bond acceptors (Lipinski definition) is 6. The molecule has 1 atom stereocenters. The number of ether oxygens (including phenoxy) is 1. The predicted octanol–water partition coefficient (Wildman–Crippen LogP) is 3.75. The molecule has 3 N–H and O–H groups in total. The monoisotopic (exact) mass is 482 g/mol. The quantitative estimate of drug-likeness (QED) is 0.356. The van der Waals surface area contributed by atoms with Crippen molar-refractivity contribution < 1.29 is 14.6 Å². The van der Waals surface area contributed by atoms with Gasteiger partial charge in [-0.1, -0.05) is 38.5 Å². The van der Waals surface area contributed by atoms with Crippen molar-refractivity contribution >= 4 is 17.3 Å². The minimum absolute atomic E-state index is 0.0466. The summed E-state index contributed by atoms with van der Waals surface area (Å²) in [6.45, 7) is 10.3. The second-order valence-electron chi connectivity index (χ2n) is 9.58. The Bertz CT molecular complexity index is 852. The second-order valence-corrected chi connectivity index (χ2v) is 9.58. The van der Waals surface area contributed by atoms with Crippen LogP contribution in [0.4, 0.5) is 11.4 Å². The summed E-state index contributed by atoms with van der Waals surface area (Å²) in [6.07, 6.45) is 3.07. The molecular formula is C28H42N4O3.